The van der Waals surface area contributed by atoms with Crippen molar-refractivity contribution in [2.45, 2.75) is 19.9 Å². The van der Waals surface area contributed by atoms with Crippen LogP contribution in [0.15, 0.2) is 83.9 Å². The maximum atomic E-state index is 13.9. The monoisotopic (exact) mass is 464 g/mol. The van der Waals surface area contributed by atoms with Gasteiger partial charge < -0.3 is 11.1 Å². The lowest BCUT2D eigenvalue weighted by Crippen LogP contribution is -2.32. The maximum Gasteiger partial charge on any atom is 0.263 e. The van der Waals surface area contributed by atoms with Crippen molar-refractivity contribution >= 4 is 34.2 Å². The van der Waals surface area contributed by atoms with E-state index in [9.17, 15) is 9.59 Å². The molecule has 35 heavy (non-hydrogen) atoms. The molecule has 8 nitrogen and oxygen atoms in total. The van der Waals surface area contributed by atoms with E-state index in [1.165, 1.54) is 4.52 Å². The Bertz CT molecular complexity index is 1650. The molecule has 0 aliphatic heterocycles. The van der Waals surface area contributed by atoms with Crippen molar-refractivity contribution in [3.05, 3.63) is 106 Å². The number of nitrogens with zero attached hydrogens (tertiary/aromatic N) is 4. The highest BCUT2D eigenvalue weighted by Gasteiger charge is 2.23. The van der Waals surface area contributed by atoms with E-state index in [0.717, 1.165) is 10.9 Å². The van der Waals surface area contributed by atoms with E-state index in [-0.39, 0.29) is 16.9 Å². The van der Waals surface area contributed by atoms with Gasteiger partial charge in [-0.2, -0.15) is 0 Å². The van der Waals surface area contributed by atoms with Crippen LogP contribution in [-0.4, -0.2) is 25.1 Å². The third-order valence-corrected chi connectivity index (χ3v) is 5.91. The Balaban J connectivity index is 1.66. The predicted molar refractivity (Wildman–Crippen MR) is 138 cm³/mol. The Hall–Kier alpha value is -4.72. The molecule has 3 aromatic heterocycles. The Labute approximate surface area is 201 Å². The van der Waals surface area contributed by atoms with Crippen molar-refractivity contribution < 1.29 is 4.79 Å². The second kappa shape index (κ2) is 8.90. The number of carbonyl (C=O) groups excluding carboxylic acids is 1. The number of hydrogen-bond donors (Lipinski definition) is 2. The third kappa shape index (κ3) is 3.85. The van der Waals surface area contributed by atoms with Crippen LogP contribution in [0.1, 0.15) is 41.5 Å². The van der Waals surface area contributed by atoms with Gasteiger partial charge in [-0.25, -0.2) is 9.50 Å². The van der Waals surface area contributed by atoms with Gasteiger partial charge in [-0.05, 0) is 49.1 Å². The van der Waals surface area contributed by atoms with Crippen LogP contribution in [0.4, 0.5) is 5.82 Å². The number of nitrogen functional groups attached to an aromatic ring is 1. The second-order valence-electron chi connectivity index (χ2n) is 8.20. The van der Waals surface area contributed by atoms with Crippen LogP contribution < -0.4 is 16.6 Å². The topological polar surface area (TPSA) is 107 Å². The fraction of sp³-hybridized carbons (Fsp3) is 0.111. The summed E-state index contributed by atoms with van der Waals surface area (Å²) in [5.41, 5.74) is 8.64. The number of para-hydroxylation sites is 1. The zero-order valence-electron chi connectivity index (χ0n) is 19.3. The number of nitrogens with two attached hydrogens (primary N) is 1. The molecule has 1 atom stereocenters. The summed E-state index contributed by atoms with van der Waals surface area (Å²) in [6, 6.07) is 18.3. The van der Waals surface area contributed by atoms with Gasteiger partial charge in [-0.3, -0.25) is 14.2 Å². The summed E-state index contributed by atoms with van der Waals surface area (Å²) < 4.78 is 3.12. The lowest BCUT2D eigenvalue weighted by Gasteiger charge is -2.21. The average Bonchev–Trinajstić information content (AvgIpc) is 3.20. The molecular formula is C27H24N6O2. The fourth-order valence-corrected chi connectivity index (χ4v) is 4.35. The van der Waals surface area contributed by atoms with Gasteiger partial charge in [-0.15, -0.1) is 5.10 Å². The van der Waals surface area contributed by atoms with Crippen LogP contribution in [0, 0.1) is 0 Å². The Morgan fingerprint density at radius 3 is 2.69 bits per heavy atom. The molecule has 0 fully saturated rings. The van der Waals surface area contributed by atoms with Crippen LogP contribution in [-0.2, 0) is 0 Å². The average molecular weight is 465 g/mol. The van der Waals surface area contributed by atoms with E-state index in [4.69, 9.17) is 5.73 Å². The molecule has 2 aromatic carbocycles. The molecule has 0 aliphatic rings. The summed E-state index contributed by atoms with van der Waals surface area (Å²) in [6.45, 7) is 3.75. The first-order chi connectivity index (χ1) is 17.0. The van der Waals surface area contributed by atoms with Gasteiger partial charge in [0, 0.05) is 23.8 Å². The number of allylic oxidation sites excluding steroid dienone is 1. The molecule has 8 heteroatoms. The minimum Gasteiger partial charge on any atom is -0.381 e. The predicted octanol–water partition coefficient (Wildman–Crippen LogP) is 4.14. The number of pyridine rings is 1. The summed E-state index contributed by atoms with van der Waals surface area (Å²) in [5, 5.41) is 8.57. The van der Waals surface area contributed by atoms with Crippen molar-refractivity contribution in [1.82, 2.24) is 24.5 Å². The lowest BCUT2D eigenvalue weighted by molar-refractivity contribution is 0.0941. The number of fused-ring (bicyclic) bond motifs is 2. The largest absolute Gasteiger partial charge is 0.381 e. The van der Waals surface area contributed by atoms with Gasteiger partial charge in [0.1, 0.15) is 5.56 Å². The normalized spacial score (nSPS) is 12.4. The van der Waals surface area contributed by atoms with Crippen molar-refractivity contribution in [3.8, 4) is 5.69 Å². The van der Waals surface area contributed by atoms with Gasteiger partial charge in [-0.1, -0.05) is 48.6 Å². The zero-order valence-corrected chi connectivity index (χ0v) is 19.3. The first kappa shape index (κ1) is 22.1. The molecule has 5 rings (SSSR count). The number of rotatable bonds is 5. The van der Waals surface area contributed by atoms with E-state index in [2.05, 4.69) is 15.4 Å². The molecule has 0 radical (unpaired) electrons. The van der Waals surface area contributed by atoms with Gasteiger partial charge in [0.25, 0.3) is 11.5 Å². The Morgan fingerprint density at radius 1 is 1.11 bits per heavy atom. The zero-order chi connectivity index (χ0) is 24.5. The fourth-order valence-electron chi connectivity index (χ4n) is 4.35. The highest BCUT2D eigenvalue weighted by atomic mass is 16.2. The molecular weight excluding hydrogens is 440 g/mol. The van der Waals surface area contributed by atoms with Crippen molar-refractivity contribution in [1.29, 1.82) is 0 Å². The van der Waals surface area contributed by atoms with E-state index in [1.54, 1.807) is 23.0 Å². The summed E-state index contributed by atoms with van der Waals surface area (Å²) in [6.07, 6.45) is 7.09. The number of anilines is 1. The molecule has 0 saturated heterocycles. The van der Waals surface area contributed by atoms with Crippen molar-refractivity contribution in [2.24, 2.45) is 0 Å². The molecule has 1 unspecified atom stereocenters. The molecule has 0 bridgehead atoms. The lowest BCUT2D eigenvalue weighted by atomic mass is 10.0. The summed E-state index contributed by atoms with van der Waals surface area (Å²) in [4.78, 5) is 31.4. The number of hydrogen-bond acceptors (Lipinski definition) is 5. The smallest absolute Gasteiger partial charge is 0.263 e. The SMILES string of the molecule is CC=Cc1cccc2cc(C(C)NC(=O)c3c(N)nn4cccnc34)n(-c3ccccc3)c(=O)c12. The molecule has 0 aliphatic carbocycles. The second-order valence-corrected chi connectivity index (χ2v) is 8.20. The summed E-state index contributed by atoms with van der Waals surface area (Å²) in [5.74, 6) is -0.332. The number of benzene rings is 2. The quantitative estimate of drug-likeness (QED) is 0.407. The first-order valence-electron chi connectivity index (χ1n) is 11.3. The minimum atomic E-state index is -0.525. The van der Waals surface area contributed by atoms with Crippen molar-refractivity contribution in [2.75, 3.05) is 5.73 Å². The summed E-state index contributed by atoms with van der Waals surface area (Å²) >= 11 is 0. The van der Waals surface area contributed by atoms with Gasteiger partial charge in [0.2, 0.25) is 0 Å². The number of amides is 1. The highest BCUT2D eigenvalue weighted by molar-refractivity contribution is 6.04. The number of carbonyl (C=O) groups is 1. The molecule has 3 N–H and O–H groups in total. The molecule has 174 valence electrons. The van der Waals surface area contributed by atoms with E-state index in [0.29, 0.717) is 22.4 Å². The van der Waals surface area contributed by atoms with Crippen LogP contribution in [0.5, 0.6) is 0 Å². The number of nitrogens with one attached hydrogen (secondary N) is 1. The number of aromatic nitrogens is 4. The van der Waals surface area contributed by atoms with Crippen LogP contribution >= 0.6 is 0 Å². The molecule has 3 heterocycles. The maximum absolute atomic E-state index is 13.9. The molecule has 0 saturated carbocycles. The van der Waals surface area contributed by atoms with Crippen LogP contribution in [0.3, 0.4) is 0 Å². The Morgan fingerprint density at radius 2 is 1.91 bits per heavy atom. The Kier molecular flexibility index (Phi) is 5.62. The minimum absolute atomic E-state index is 0.0864. The van der Waals surface area contributed by atoms with Gasteiger partial charge >= 0.3 is 0 Å². The van der Waals surface area contributed by atoms with E-state index < -0.39 is 11.9 Å². The highest BCUT2D eigenvalue weighted by Crippen LogP contribution is 2.25. The van der Waals surface area contributed by atoms with Crippen LogP contribution in [0.25, 0.3) is 28.2 Å². The van der Waals surface area contributed by atoms with E-state index >= 15 is 0 Å². The van der Waals surface area contributed by atoms with Crippen LogP contribution in [0.2, 0.25) is 0 Å². The van der Waals surface area contributed by atoms with Gasteiger partial charge in [0.15, 0.2) is 11.5 Å². The van der Waals surface area contributed by atoms with E-state index in [1.807, 2.05) is 80.6 Å². The standard InChI is InChI=1S/C27H24N6O2/c1-3-9-18-10-7-11-19-16-21(33(27(35)22(18)19)20-12-5-4-6-13-20)17(2)30-26(34)23-24(28)31-32-15-8-14-29-25(23)32/h3-17H,1-2H3,(H2,28,31)(H,30,34). The summed E-state index contributed by atoms with van der Waals surface area (Å²) in [7, 11) is 0. The molecule has 0 spiro atoms. The molecule has 1 amide bonds. The third-order valence-electron chi connectivity index (χ3n) is 5.91. The van der Waals surface area contributed by atoms with Gasteiger partial charge in [0.05, 0.1) is 11.4 Å². The first-order valence-corrected chi connectivity index (χ1v) is 11.3. The molecule has 5 aromatic rings. The van der Waals surface area contributed by atoms with Crippen molar-refractivity contribution in [3.63, 3.8) is 0 Å².